The van der Waals surface area contributed by atoms with Crippen LogP contribution in [0.15, 0.2) is 30.6 Å². The molecule has 5 nitrogen and oxygen atoms in total. The molecular formula is C15H15ClN4O. The van der Waals surface area contributed by atoms with Crippen molar-refractivity contribution in [1.29, 1.82) is 0 Å². The molecule has 0 saturated heterocycles. The summed E-state index contributed by atoms with van der Waals surface area (Å²) in [6.45, 7) is 2.74. The van der Waals surface area contributed by atoms with Gasteiger partial charge in [-0.1, -0.05) is 29.8 Å². The topological polar surface area (TPSA) is 52.8 Å². The van der Waals surface area contributed by atoms with Gasteiger partial charge in [-0.3, -0.25) is 0 Å². The second-order valence-corrected chi connectivity index (χ2v) is 5.06. The summed E-state index contributed by atoms with van der Waals surface area (Å²) < 4.78 is 7.24. The number of aryl methyl sites for hydroxylation is 1. The number of fused-ring (bicyclic) bond motifs is 1. The fourth-order valence-corrected chi connectivity index (χ4v) is 2.58. The fraction of sp³-hybridized carbons (Fsp3) is 0.267. The van der Waals surface area contributed by atoms with E-state index >= 15 is 0 Å². The number of rotatable bonds is 4. The number of imidazole rings is 1. The summed E-state index contributed by atoms with van der Waals surface area (Å²) in [5, 5.41) is 0. The second kappa shape index (κ2) is 5.69. The van der Waals surface area contributed by atoms with Gasteiger partial charge in [0.25, 0.3) is 0 Å². The molecule has 0 aliphatic rings. The molecule has 0 spiro atoms. The van der Waals surface area contributed by atoms with E-state index in [2.05, 4.69) is 40.1 Å². The molecule has 108 valence electrons. The lowest BCUT2D eigenvalue weighted by molar-refractivity contribution is 0.401. The van der Waals surface area contributed by atoms with Gasteiger partial charge in [-0.05, 0) is 12.5 Å². The van der Waals surface area contributed by atoms with Crippen LogP contribution in [-0.2, 0) is 12.4 Å². The molecule has 0 aliphatic carbocycles. The van der Waals surface area contributed by atoms with Crippen LogP contribution in [0.4, 0.5) is 0 Å². The standard InChI is InChI=1S/C15H15ClN4O/c1-10-4-3-5-11(6-10)8-20-12(7-16)19-13-14(20)17-9-18-15(13)21-2/h3-6,9H,7-8H2,1-2H3. The van der Waals surface area contributed by atoms with Gasteiger partial charge < -0.3 is 9.30 Å². The number of hydrogen-bond acceptors (Lipinski definition) is 4. The summed E-state index contributed by atoms with van der Waals surface area (Å²) in [5.41, 5.74) is 3.78. The minimum absolute atomic E-state index is 0.311. The van der Waals surface area contributed by atoms with Crippen molar-refractivity contribution in [2.75, 3.05) is 7.11 Å². The van der Waals surface area contributed by atoms with Crippen LogP contribution < -0.4 is 4.74 Å². The first kappa shape index (κ1) is 13.8. The van der Waals surface area contributed by atoms with Crippen molar-refractivity contribution >= 4 is 22.8 Å². The van der Waals surface area contributed by atoms with Gasteiger partial charge in [0.1, 0.15) is 12.2 Å². The molecule has 0 fully saturated rings. The van der Waals surface area contributed by atoms with Crippen LogP contribution in [0.3, 0.4) is 0 Å². The minimum atomic E-state index is 0.311. The van der Waals surface area contributed by atoms with Crippen molar-refractivity contribution in [3.05, 3.63) is 47.5 Å². The van der Waals surface area contributed by atoms with Crippen LogP contribution in [0.5, 0.6) is 5.88 Å². The van der Waals surface area contributed by atoms with Gasteiger partial charge in [-0.15, -0.1) is 11.6 Å². The van der Waals surface area contributed by atoms with E-state index in [0.29, 0.717) is 23.8 Å². The van der Waals surface area contributed by atoms with Crippen molar-refractivity contribution in [2.45, 2.75) is 19.3 Å². The monoisotopic (exact) mass is 302 g/mol. The normalized spacial score (nSPS) is 11.0. The van der Waals surface area contributed by atoms with Gasteiger partial charge in [0, 0.05) is 0 Å². The van der Waals surface area contributed by atoms with Gasteiger partial charge >= 0.3 is 0 Å². The van der Waals surface area contributed by atoms with Crippen molar-refractivity contribution in [3.8, 4) is 5.88 Å². The zero-order valence-electron chi connectivity index (χ0n) is 11.9. The largest absolute Gasteiger partial charge is 0.479 e. The van der Waals surface area contributed by atoms with Crippen LogP contribution in [0.25, 0.3) is 11.2 Å². The molecule has 0 saturated carbocycles. The molecule has 6 heteroatoms. The highest BCUT2D eigenvalue weighted by Gasteiger charge is 2.15. The highest BCUT2D eigenvalue weighted by Crippen LogP contribution is 2.23. The smallest absolute Gasteiger partial charge is 0.245 e. The van der Waals surface area contributed by atoms with Gasteiger partial charge in [0.2, 0.25) is 5.88 Å². The summed E-state index contributed by atoms with van der Waals surface area (Å²) in [5.74, 6) is 1.53. The third kappa shape index (κ3) is 2.56. The summed E-state index contributed by atoms with van der Waals surface area (Å²) in [6.07, 6.45) is 1.48. The van der Waals surface area contributed by atoms with E-state index in [0.717, 1.165) is 11.5 Å². The average molecular weight is 303 g/mol. The molecule has 0 aliphatic heterocycles. The van der Waals surface area contributed by atoms with Crippen LogP contribution in [0, 0.1) is 6.92 Å². The van der Waals surface area contributed by atoms with E-state index in [1.807, 2.05) is 10.6 Å². The lowest BCUT2D eigenvalue weighted by Crippen LogP contribution is -2.05. The maximum Gasteiger partial charge on any atom is 0.245 e. The highest BCUT2D eigenvalue weighted by molar-refractivity contribution is 6.16. The molecule has 21 heavy (non-hydrogen) atoms. The van der Waals surface area contributed by atoms with Crippen LogP contribution >= 0.6 is 11.6 Å². The first-order valence-corrected chi connectivity index (χ1v) is 7.12. The van der Waals surface area contributed by atoms with E-state index in [1.165, 1.54) is 17.5 Å². The Hall–Kier alpha value is -2.14. The van der Waals surface area contributed by atoms with E-state index in [4.69, 9.17) is 16.3 Å². The summed E-state index contributed by atoms with van der Waals surface area (Å²) in [6, 6.07) is 8.33. The van der Waals surface area contributed by atoms with Crippen LogP contribution in [0.1, 0.15) is 17.0 Å². The first-order chi connectivity index (χ1) is 10.2. The Morgan fingerprint density at radius 3 is 2.86 bits per heavy atom. The Balaban J connectivity index is 2.12. The molecule has 1 aromatic carbocycles. The number of hydrogen-bond donors (Lipinski definition) is 0. The number of benzene rings is 1. The van der Waals surface area contributed by atoms with E-state index in [9.17, 15) is 0 Å². The molecule has 0 amide bonds. The SMILES string of the molecule is COc1ncnc2c1nc(CCl)n2Cc1cccc(C)c1. The maximum atomic E-state index is 6.02. The highest BCUT2D eigenvalue weighted by atomic mass is 35.5. The van der Waals surface area contributed by atoms with Crippen LogP contribution in [0.2, 0.25) is 0 Å². The van der Waals surface area contributed by atoms with Gasteiger partial charge in [-0.25, -0.2) is 9.97 Å². The van der Waals surface area contributed by atoms with Crippen LogP contribution in [-0.4, -0.2) is 26.6 Å². The predicted molar refractivity (Wildman–Crippen MR) is 81.7 cm³/mol. The first-order valence-electron chi connectivity index (χ1n) is 6.58. The summed E-state index contributed by atoms with van der Waals surface area (Å²) >= 11 is 6.02. The number of methoxy groups -OCH3 is 1. The van der Waals surface area contributed by atoms with E-state index < -0.39 is 0 Å². The summed E-state index contributed by atoms with van der Waals surface area (Å²) in [7, 11) is 1.57. The van der Waals surface area contributed by atoms with Gasteiger partial charge in [0.05, 0.1) is 19.5 Å². The molecule has 2 heterocycles. The Morgan fingerprint density at radius 1 is 1.29 bits per heavy atom. The van der Waals surface area contributed by atoms with Crippen molar-refractivity contribution < 1.29 is 4.74 Å². The van der Waals surface area contributed by atoms with Gasteiger partial charge in [0.15, 0.2) is 11.2 Å². The zero-order chi connectivity index (χ0) is 14.8. The number of ether oxygens (including phenoxy) is 1. The zero-order valence-corrected chi connectivity index (χ0v) is 12.6. The number of halogens is 1. The van der Waals surface area contributed by atoms with E-state index in [-0.39, 0.29) is 0 Å². The molecule has 0 unspecified atom stereocenters. The predicted octanol–water partition coefficient (Wildman–Crippen LogP) is 2.93. The molecule has 0 bridgehead atoms. The Labute approximate surface area is 127 Å². The van der Waals surface area contributed by atoms with E-state index in [1.54, 1.807) is 7.11 Å². The molecule has 3 rings (SSSR count). The molecule has 3 aromatic rings. The van der Waals surface area contributed by atoms with Crippen molar-refractivity contribution in [2.24, 2.45) is 0 Å². The quantitative estimate of drug-likeness (QED) is 0.695. The Kier molecular flexibility index (Phi) is 3.75. The maximum absolute atomic E-state index is 6.02. The third-order valence-corrected chi connectivity index (χ3v) is 3.55. The summed E-state index contributed by atoms with van der Waals surface area (Å²) in [4.78, 5) is 12.9. The molecule has 2 aromatic heterocycles. The average Bonchev–Trinajstić information content (AvgIpc) is 2.85. The second-order valence-electron chi connectivity index (χ2n) is 4.79. The molecule has 0 radical (unpaired) electrons. The van der Waals surface area contributed by atoms with Crippen molar-refractivity contribution in [1.82, 2.24) is 19.5 Å². The molecule has 0 atom stereocenters. The number of aromatic nitrogens is 4. The fourth-order valence-electron chi connectivity index (χ4n) is 2.37. The Bertz CT molecular complexity index is 784. The number of nitrogens with zero attached hydrogens (tertiary/aromatic N) is 4. The molecular weight excluding hydrogens is 288 g/mol. The van der Waals surface area contributed by atoms with Crippen molar-refractivity contribution in [3.63, 3.8) is 0 Å². The van der Waals surface area contributed by atoms with Gasteiger partial charge in [-0.2, -0.15) is 4.98 Å². The minimum Gasteiger partial charge on any atom is -0.479 e. The lowest BCUT2D eigenvalue weighted by atomic mass is 10.1. The molecule has 0 N–H and O–H groups in total. The lowest BCUT2D eigenvalue weighted by Gasteiger charge is -2.08. The number of alkyl halides is 1. The third-order valence-electron chi connectivity index (χ3n) is 3.31. The Morgan fingerprint density at radius 2 is 2.14 bits per heavy atom.